The van der Waals surface area contributed by atoms with E-state index in [0.717, 1.165) is 18.4 Å². The van der Waals surface area contributed by atoms with E-state index in [-0.39, 0.29) is 0 Å². The van der Waals surface area contributed by atoms with Crippen molar-refractivity contribution in [2.24, 2.45) is 11.8 Å². The van der Waals surface area contributed by atoms with Crippen molar-refractivity contribution in [2.45, 2.75) is 58.9 Å². The Hall–Kier alpha value is -0.340. The third-order valence-electron chi connectivity index (χ3n) is 4.92. The molecule has 1 aliphatic rings. The highest BCUT2D eigenvalue weighted by Crippen LogP contribution is 2.38. The highest BCUT2D eigenvalue weighted by Gasteiger charge is 2.27. The van der Waals surface area contributed by atoms with Crippen molar-refractivity contribution < 1.29 is 0 Å². The van der Waals surface area contributed by atoms with E-state index in [1.165, 1.54) is 47.7 Å². The average Bonchev–Trinajstić information content (AvgIpc) is 2.48. The Morgan fingerprint density at radius 3 is 2.45 bits per heavy atom. The maximum absolute atomic E-state index is 3.73. The van der Waals surface area contributed by atoms with Crippen molar-refractivity contribution in [1.82, 2.24) is 5.32 Å². The molecule has 1 aromatic carbocycles. The summed E-state index contributed by atoms with van der Waals surface area (Å²) in [5.74, 6) is 1.77. The van der Waals surface area contributed by atoms with E-state index in [0.29, 0.717) is 6.04 Å². The molecule has 0 spiro atoms. The fourth-order valence-electron chi connectivity index (χ4n) is 3.51. The van der Waals surface area contributed by atoms with E-state index in [1.54, 1.807) is 0 Å². The maximum atomic E-state index is 3.73. The molecule has 20 heavy (non-hydrogen) atoms. The summed E-state index contributed by atoms with van der Waals surface area (Å²) >= 11 is 3.68. The highest BCUT2D eigenvalue weighted by molar-refractivity contribution is 9.10. The van der Waals surface area contributed by atoms with Crippen LogP contribution in [0.1, 0.15) is 63.1 Å². The van der Waals surface area contributed by atoms with Crippen LogP contribution < -0.4 is 5.32 Å². The van der Waals surface area contributed by atoms with Gasteiger partial charge in [0.2, 0.25) is 0 Å². The molecule has 1 unspecified atom stereocenters. The van der Waals surface area contributed by atoms with Gasteiger partial charge in [-0.2, -0.15) is 0 Å². The first-order valence-electron chi connectivity index (χ1n) is 8.15. The molecule has 1 saturated carbocycles. The van der Waals surface area contributed by atoms with Gasteiger partial charge in [0.1, 0.15) is 0 Å². The summed E-state index contributed by atoms with van der Waals surface area (Å²) in [6.07, 6.45) is 6.93. The summed E-state index contributed by atoms with van der Waals surface area (Å²) in [5, 5.41) is 3.73. The summed E-state index contributed by atoms with van der Waals surface area (Å²) in [6.45, 7) is 7.75. The zero-order chi connectivity index (χ0) is 14.5. The fourth-order valence-corrected chi connectivity index (χ4v) is 3.91. The number of aryl methyl sites for hydroxylation is 1. The van der Waals surface area contributed by atoms with Crippen LogP contribution in [0.2, 0.25) is 0 Å². The molecule has 112 valence electrons. The van der Waals surface area contributed by atoms with Gasteiger partial charge in [0.25, 0.3) is 0 Å². The largest absolute Gasteiger partial charge is 0.310 e. The first kappa shape index (κ1) is 16.0. The molecule has 1 fully saturated rings. The summed E-state index contributed by atoms with van der Waals surface area (Å²) in [5.41, 5.74) is 2.77. The Kier molecular flexibility index (Phi) is 6.10. The lowest BCUT2D eigenvalue weighted by Crippen LogP contribution is -2.31. The maximum Gasteiger partial charge on any atom is 0.0348 e. The van der Waals surface area contributed by atoms with Gasteiger partial charge in [-0.1, -0.05) is 61.2 Å². The zero-order valence-corrected chi connectivity index (χ0v) is 14.7. The normalized spacial score (nSPS) is 24.6. The van der Waals surface area contributed by atoms with E-state index in [4.69, 9.17) is 0 Å². The van der Waals surface area contributed by atoms with Crippen LogP contribution in [0.5, 0.6) is 0 Å². The van der Waals surface area contributed by atoms with Crippen LogP contribution in [0.4, 0.5) is 0 Å². The molecule has 0 amide bonds. The standard InChI is InChI=1S/C18H28BrN/c1-4-14-7-10-15(11-8-14)18(20-5-2)16-9-6-13(3)17(19)12-16/h6,9,12,14-15,18,20H,4-5,7-8,10-11H2,1-3H3. The van der Waals surface area contributed by atoms with Crippen molar-refractivity contribution in [3.05, 3.63) is 33.8 Å². The van der Waals surface area contributed by atoms with Gasteiger partial charge in [-0.3, -0.25) is 0 Å². The number of halogens is 1. The van der Waals surface area contributed by atoms with Gasteiger partial charge in [0, 0.05) is 10.5 Å². The smallest absolute Gasteiger partial charge is 0.0348 e. The second-order valence-corrected chi connectivity index (χ2v) is 7.09. The van der Waals surface area contributed by atoms with E-state index < -0.39 is 0 Å². The lowest BCUT2D eigenvalue weighted by Gasteiger charge is -2.34. The lowest BCUT2D eigenvalue weighted by molar-refractivity contribution is 0.220. The zero-order valence-electron chi connectivity index (χ0n) is 13.1. The van der Waals surface area contributed by atoms with Crippen molar-refractivity contribution in [1.29, 1.82) is 0 Å². The van der Waals surface area contributed by atoms with Gasteiger partial charge in [-0.05, 0) is 55.3 Å². The molecule has 0 bridgehead atoms. The number of benzene rings is 1. The first-order valence-corrected chi connectivity index (χ1v) is 8.94. The molecule has 1 N–H and O–H groups in total. The van der Waals surface area contributed by atoms with Crippen LogP contribution in [-0.4, -0.2) is 6.54 Å². The summed E-state index contributed by atoms with van der Waals surface area (Å²) in [6, 6.07) is 7.38. The highest BCUT2D eigenvalue weighted by atomic mass is 79.9. The SMILES string of the molecule is CCNC(c1ccc(C)c(Br)c1)C1CCC(CC)CC1. The van der Waals surface area contributed by atoms with Crippen LogP contribution in [0.3, 0.4) is 0 Å². The van der Waals surface area contributed by atoms with Crippen molar-refractivity contribution in [3.63, 3.8) is 0 Å². The van der Waals surface area contributed by atoms with Gasteiger partial charge >= 0.3 is 0 Å². The molecule has 1 aliphatic carbocycles. The van der Waals surface area contributed by atoms with Gasteiger partial charge in [-0.15, -0.1) is 0 Å². The van der Waals surface area contributed by atoms with Crippen LogP contribution in [0, 0.1) is 18.8 Å². The Morgan fingerprint density at radius 2 is 1.90 bits per heavy atom. The van der Waals surface area contributed by atoms with Crippen LogP contribution >= 0.6 is 15.9 Å². The predicted octanol–water partition coefficient (Wildman–Crippen LogP) is 5.62. The molecule has 2 rings (SSSR count). The number of hydrogen-bond donors (Lipinski definition) is 1. The minimum Gasteiger partial charge on any atom is -0.310 e. The minimum atomic E-state index is 0.523. The molecule has 0 aromatic heterocycles. The molecule has 0 saturated heterocycles. The van der Waals surface area contributed by atoms with Crippen LogP contribution in [-0.2, 0) is 0 Å². The summed E-state index contributed by atoms with van der Waals surface area (Å²) < 4.78 is 1.24. The Labute approximate surface area is 132 Å². The molecule has 0 radical (unpaired) electrons. The van der Waals surface area contributed by atoms with E-state index >= 15 is 0 Å². The summed E-state index contributed by atoms with van der Waals surface area (Å²) in [4.78, 5) is 0. The third kappa shape index (κ3) is 3.85. The van der Waals surface area contributed by atoms with Crippen LogP contribution in [0.15, 0.2) is 22.7 Å². The number of rotatable bonds is 5. The molecular weight excluding hydrogens is 310 g/mol. The molecule has 1 atom stereocenters. The first-order chi connectivity index (χ1) is 9.65. The van der Waals surface area contributed by atoms with E-state index in [1.807, 2.05) is 0 Å². The Bertz CT molecular complexity index is 421. The fraction of sp³-hybridized carbons (Fsp3) is 0.667. The lowest BCUT2D eigenvalue weighted by atomic mass is 9.76. The van der Waals surface area contributed by atoms with Crippen molar-refractivity contribution in [2.75, 3.05) is 6.54 Å². The Balaban J connectivity index is 2.12. The molecule has 1 nitrogen and oxygen atoms in total. The minimum absolute atomic E-state index is 0.523. The third-order valence-corrected chi connectivity index (χ3v) is 5.77. The number of nitrogens with one attached hydrogen (secondary N) is 1. The van der Waals surface area contributed by atoms with Crippen LogP contribution in [0.25, 0.3) is 0 Å². The van der Waals surface area contributed by atoms with E-state index in [2.05, 4.69) is 60.2 Å². The molecular formula is C18H28BrN. The van der Waals surface area contributed by atoms with Gasteiger partial charge in [0.05, 0.1) is 0 Å². The Morgan fingerprint density at radius 1 is 1.20 bits per heavy atom. The van der Waals surface area contributed by atoms with Crippen molar-refractivity contribution >= 4 is 15.9 Å². The molecule has 0 heterocycles. The second kappa shape index (κ2) is 7.61. The summed E-state index contributed by atoms with van der Waals surface area (Å²) in [7, 11) is 0. The predicted molar refractivity (Wildman–Crippen MR) is 91.0 cm³/mol. The van der Waals surface area contributed by atoms with Gasteiger partial charge in [-0.25, -0.2) is 0 Å². The molecule has 1 aromatic rings. The van der Waals surface area contributed by atoms with E-state index in [9.17, 15) is 0 Å². The second-order valence-electron chi connectivity index (χ2n) is 6.23. The molecule has 0 aliphatic heterocycles. The number of hydrogen-bond acceptors (Lipinski definition) is 1. The monoisotopic (exact) mass is 337 g/mol. The molecule has 2 heteroatoms. The topological polar surface area (TPSA) is 12.0 Å². The van der Waals surface area contributed by atoms with Gasteiger partial charge in [0.15, 0.2) is 0 Å². The average molecular weight is 338 g/mol. The van der Waals surface area contributed by atoms with Crippen molar-refractivity contribution in [3.8, 4) is 0 Å². The van der Waals surface area contributed by atoms with Gasteiger partial charge < -0.3 is 5.32 Å². The quantitative estimate of drug-likeness (QED) is 0.734.